The molecule has 1 N–H and O–H groups in total. The highest BCUT2D eigenvalue weighted by Gasteiger charge is 2.66. The molecule has 5 aromatic carbocycles. The van der Waals surface area contributed by atoms with E-state index in [1.165, 1.54) is 0 Å². The van der Waals surface area contributed by atoms with Crippen LogP contribution in [0.25, 0.3) is 10.8 Å². The van der Waals surface area contributed by atoms with Gasteiger partial charge in [-0.25, -0.2) is 0 Å². The van der Waals surface area contributed by atoms with Crippen LogP contribution in [0.2, 0.25) is 18.6 Å². The van der Waals surface area contributed by atoms with Gasteiger partial charge in [0.1, 0.15) is 5.75 Å². The topological polar surface area (TPSA) is 99.6 Å². The first-order chi connectivity index (χ1) is 26.0. The first-order valence-electron chi connectivity index (χ1n) is 18.5. The number of carbonyl (C=O) groups is 3. The maximum atomic E-state index is 14.8. The van der Waals surface area contributed by atoms with E-state index < -0.39 is 19.8 Å². The number of benzene rings is 5. The minimum absolute atomic E-state index is 0.0457. The first-order valence-corrected chi connectivity index (χ1v) is 21.6. The Hall–Kier alpha value is -5.29. The molecule has 9 nitrogen and oxygen atoms in total. The van der Waals surface area contributed by atoms with Crippen molar-refractivity contribution in [2.45, 2.75) is 50.2 Å². The van der Waals surface area contributed by atoms with E-state index >= 15 is 0 Å². The quantitative estimate of drug-likeness (QED) is 0.159. The zero-order valence-electron chi connectivity index (χ0n) is 31.3. The average Bonchev–Trinajstić information content (AvgIpc) is 3.73. The van der Waals surface area contributed by atoms with Crippen LogP contribution in [-0.2, 0) is 26.5 Å². The zero-order chi connectivity index (χ0) is 37.9. The summed E-state index contributed by atoms with van der Waals surface area (Å²) in [7, 11) is 0.884. The van der Waals surface area contributed by atoms with Crippen molar-refractivity contribution in [3.05, 3.63) is 126 Å². The van der Waals surface area contributed by atoms with Crippen LogP contribution >= 0.6 is 0 Å². The fraction of sp³-hybridized carbons (Fsp3) is 0.295. The highest BCUT2D eigenvalue weighted by molar-refractivity contribution is 6.91. The zero-order valence-corrected chi connectivity index (χ0v) is 32.3. The Morgan fingerprint density at radius 3 is 2.35 bits per heavy atom. The summed E-state index contributed by atoms with van der Waals surface area (Å²) >= 11 is 0. The third-order valence-electron chi connectivity index (χ3n) is 12.1. The van der Waals surface area contributed by atoms with Crippen LogP contribution in [0.5, 0.6) is 5.75 Å². The van der Waals surface area contributed by atoms with Gasteiger partial charge in [0.15, 0.2) is 5.60 Å². The molecule has 0 unspecified atom stereocenters. The maximum Gasteiger partial charge on any atom is 0.264 e. The van der Waals surface area contributed by atoms with E-state index in [2.05, 4.69) is 32.2 Å². The largest absolute Gasteiger partial charge is 0.497 e. The molecule has 5 aromatic rings. The van der Waals surface area contributed by atoms with E-state index in [4.69, 9.17) is 9.47 Å². The van der Waals surface area contributed by atoms with Gasteiger partial charge in [-0.15, -0.1) is 0 Å². The predicted octanol–water partition coefficient (Wildman–Crippen LogP) is 6.74. The lowest BCUT2D eigenvalue weighted by Crippen LogP contribution is -2.52. The summed E-state index contributed by atoms with van der Waals surface area (Å²) in [6.07, 6.45) is -0.559. The first kappa shape index (κ1) is 35.7. The second kappa shape index (κ2) is 13.5. The molecule has 0 radical (unpaired) electrons. The third-order valence-corrected chi connectivity index (χ3v) is 16.4. The number of methoxy groups -OCH3 is 1. The lowest BCUT2D eigenvalue weighted by molar-refractivity contribution is -0.149. The number of aliphatic hydroxyl groups is 1. The molecular weight excluding hydrogens is 695 g/mol. The number of hydrogen-bond donors (Lipinski definition) is 1. The molecule has 3 aliphatic heterocycles. The lowest BCUT2D eigenvalue weighted by Gasteiger charge is -2.37. The highest BCUT2D eigenvalue weighted by atomic mass is 28.3. The van der Waals surface area contributed by atoms with Gasteiger partial charge in [-0.1, -0.05) is 91.9 Å². The van der Waals surface area contributed by atoms with Gasteiger partial charge >= 0.3 is 0 Å². The fourth-order valence-corrected chi connectivity index (χ4v) is 13.4. The molecule has 3 amide bonds. The monoisotopic (exact) mass is 739 g/mol. The minimum Gasteiger partial charge on any atom is -0.497 e. The second-order valence-corrected chi connectivity index (χ2v) is 20.0. The number of amides is 3. The molecule has 0 aliphatic carbocycles. The molecule has 54 heavy (non-hydrogen) atoms. The van der Waals surface area contributed by atoms with E-state index in [-0.39, 0.29) is 48.8 Å². The van der Waals surface area contributed by atoms with Gasteiger partial charge in [0.25, 0.3) is 11.8 Å². The third kappa shape index (κ3) is 5.46. The molecule has 0 bridgehead atoms. The standard InChI is InChI=1S/C44H45N3O6Si/c1-28-41(54(4,5)33-20-18-32(52-3)19-21-33)38(26-39(49)46(23-24-48)27-29-11-7-6-8-12-29)53-44(28)35-25-31(17-22-36(35)45(2)43(44)51)47-37-16-10-14-30-13-9-15-34(40(30)37)42(47)50/h6-22,25,28,38,41,48H,23-24,26-27H2,1-5H3/t28-,38+,41-,44+/m0/s1. The molecule has 3 heterocycles. The van der Waals surface area contributed by atoms with Gasteiger partial charge in [-0.05, 0) is 59.0 Å². The summed E-state index contributed by atoms with van der Waals surface area (Å²) in [5.41, 5.74) is 2.92. The molecule has 276 valence electrons. The van der Waals surface area contributed by atoms with E-state index in [0.717, 1.165) is 38.6 Å². The Kier molecular flexibility index (Phi) is 8.95. The van der Waals surface area contributed by atoms with Gasteiger partial charge in [0.05, 0.1) is 51.3 Å². The maximum absolute atomic E-state index is 14.8. The van der Waals surface area contributed by atoms with Crippen molar-refractivity contribution < 1.29 is 29.0 Å². The van der Waals surface area contributed by atoms with Crippen molar-refractivity contribution in [1.29, 1.82) is 0 Å². The number of nitrogens with zero attached hydrogens (tertiary/aromatic N) is 3. The molecule has 1 saturated heterocycles. The summed E-state index contributed by atoms with van der Waals surface area (Å²) in [4.78, 5) is 48.3. The van der Waals surface area contributed by atoms with Crippen LogP contribution in [0.15, 0.2) is 109 Å². The summed E-state index contributed by atoms with van der Waals surface area (Å²) in [6.45, 7) is 7.02. The van der Waals surface area contributed by atoms with E-state index in [1.807, 2.05) is 97.1 Å². The van der Waals surface area contributed by atoms with Gasteiger partial charge in [-0.3, -0.25) is 19.3 Å². The molecule has 3 aliphatic rings. The van der Waals surface area contributed by atoms with Crippen LogP contribution < -0.4 is 19.7 Å². The summed E-state index contributed by atoms with van der Waals surface area (Å²) in [6, 6.07) is 35.3. The molecule has 1 spiro atoms. The number of likely N-dealkylation sites (N-methyl/N-ethyl adjacent to an activating group) is 1. The Balaban J connectivity index is 1.22. The number of hydrogen-bond acceptors (Lipinski definition) is 6. The van der Waals surface area contributed by atoms with Crippen molar-refractivity contribution >= 4 is 58.8 Å². The Morgan fingerprint density at radius 1 is 0.926 bits per heavy atom. The van der Waals surface area contributed by atoms with E-state index in [0.29, 0.717) is 23.4 Å². The van der Waals surface area contributed by atoms with E-state index in [9.17, 15) is 19.5 Å². The molecule has 0 aromatic heterocycles. The van der Waals surface area contributed by atoms with Crippen molar-refractivity contribution in [1.82, 2.24) is 4.90 Å². The SMILES string of the molecule is COc1ccc([Si](C)(C)[C@@H]2[C@@H](CC(=O)N(CCO)Cc3ccccc3)O[C@]3(C(=O)N(C)c4ccc(N5C(=O)c6cccc7cccc5c67)cc43)[C@H]2C)cc1. The number of aliphatic hydroxyl groups excluding tert-OH is 1. The number of anilines is 3. The van der Waals surface area contributed by atoms with Crippen molar-refractivity contribution in [2.75, 3.05) is 37.1 Å². The lowest BCUT2D eigenvalue weighted by atomic mass is 9.82. The van der Waals surface area contributed by atoms with Gasteiger partial charge < -0.3 is 24.4 Å². The van der Waals surface area contributed by atoms with Crippen molar-refractivity contribution in [3.8, 4) is 5.75 Å². The van der Waals surface area contributed by atoms with Crippen LogP contribution in [0.1, 0.15) is 34.8 Å². The Morgan fingerprint density at radius 2 is 1.65 bits per heavy atom. The molecule has 4 atom stereocenters. The smallest absolute Gasteiger partial charge is 0.264 e. The van der Waals surface area contributed by atoms with Crippen LogP contribution in [0.4, 0.5) is 17.1 Å². The Labute approximate surface area is 316 Å². The molecule has 1 fully saturated rings. The van der Waals surface area contributed by atoms with Gasteiger partial charge in [0, 0.05) is 42.7 Å². The fourth-order valence-electron chi connectivity index (χ4n) is 9.44. The van der Waals surface area contributed by atoms with E-state index in [1.54, 1.807) is 28.9 Å². The minimum atomic E-state index is -2.53. The summed E-state index contributed by atoms with van der Waals surface area (Å²) < 4.78 is 12.7. The highest BCUT2D eigenvalue weighted by Crippen LogP contribution is 2.60. The van der Waals surface area contributed by atoms with Crippen molar-refractivity contribution in [3.63, 3.8) is 0 Å². The molecule has 0 saturated carbocycles. The van der Waals surface area contributed by atoms with Crippen molar-refractivity contribution in [2.24, 2.45) is 5.92 Å². The summed E-state index contributed by atoms with van der Waals surface area (Å²) in [5, 5.41) is 13.1. The van der Waals surface area contributed by atoms with Gasteiger partial charge in [-0.2, -0.15) is 0 Å². The Bertz CT molecular complexity index is 2270. The molecular formula is C44H45N3O6Si. The van der Waals surface area contributed by atoms with Crippen LogP contribution in [0.3, 0.4) is 0 Å². The predicted molar refractivity (Wildman–Crippen MR) is 213 cm³/mol. The number of rotatable bonds is 10. The number of ether oxygens (including phenoxy) is 2. The summed E-state index contributed by atoms with van der Waals surface area (Å²) in [5.74, 6) is -0.0258. The van der Waals surface area contributed by atoms with Gasteiger partial charge in [0.2, 0.25) is 5.91 Å². The number of fused-ring (bicyclic) bond motifs is 2. The molecule has 10 heteroatoms. The van der Waals surface area contributed by atoms with Crippen LogP contribution in [0, 0.1) is 5.92 Å². The molecule has 8 rings (SSSR count). The number of carbonyl (C=O) groups excluding carboxylic acids is 3. The second-order valence-electron chi connectivity index (χ2n) is 15.3. The van der Waals surface area contributed by atoms with Crippen LogP contribution in [-0.4, -0.2) is 69.2 Å². The average molecular weight is 740 g/mol. The normalized spacial score (nSPS) is 21.7.